The molecule has 1 aromatic heterocycles. The fraction of sp³-hybridized carbons (Fsp3) is 0.467. The molecule has 0 fully saturated rings. The van der Waals surface area contributed by atoms with Gasteiger partial charge in [-0.15, -0.1) is 0 Å². The lowest BCUT2D eigenvalue weighted by atomic mass is 10.2. The number of nitrogens with zero attached hydrogens (tertiary/aromatic N) is 2. The SMILES string of the molecule is CC(=O)CCCn1c(C(C)C)nc2ccccc21. The number of ketones is 1. The van der Waals surface area contributed by atoms with Gasteiger partial charge in [0.05, 0.1) is 11.0 Å². The molecule has 1 heterocycles. The van der Waals surface area contributed by atoms with Crippen LogP contribution in [0.25, 0.3) is 11.0 Å². The van der Waals surface area contributed by atoms with E-state index >= 15 is 0 Å². The predicted molar refractivity (Wildman–Crippen MR) is 73.7 cm³/mol. The lowest BCUT2D eigenvalue weighted by molar-refractivity contribution is -0.117. The first-order chi connectivity index (χ1) is 8.59. The van der Waals surface area contributed by atoms with Gasteiger partial charge in [-0.05, 0) is 25.5 Å². The molecular formula is C15H20N2O. The third kappa shape index (κ3) is 2.61. The highest BCUT2D eigenvalue weighted by Gasteiger charge is 2.12. The zero-order valence-corrected chi connectivity index (χ0v) is 11.3. The van der Waals surface area contributed by atoms with Crippen LogP contribution in [0.1, 0.15) is 45.4 Å². The number of carbonyl (C=O) groups excluding carboxylic acids is 1. The number of hydrogen-bond acceptors (Lipinski definition) is 2. The second kappa shape index (κ2) is 5.34. The Labute approximate surface area is 108 Å². The third-order valence-corrected chi connectivity index (χ3v) is 3.11. The summed E-state index contributed by atoms with van der Waals surface area (Å²) in [6.45, 7) is 6.83. The molecule has 0 N–H and O–H groups in total. The Balaban J connectivity index is 2.33. The van der Waals surface area contributed by atoms with Crippen molar-refractivity contribution in [2.75, 3.05) is 0 Å². The van der Waals surface area contributed by atoms with Crippen LogP contribution in [-0.2, 0) is 11.3 Å². The first kappa shape index (κ1) is 12.8. The van der Waals surface area contributed by atoms with Crippen LogP contribution in [0, 0.1) is 0 Å². The van der Waals surface area contributed by atoms with Crippen LogP contribution in [0.2, 0.25) is 0 Å². The van der Waals surface area contributed by atoms with Crippen molar-refractivity contribution < 1.29 is 4.79 Å². The zero-order chi connectivity index (χ0) is 13.1. The van der Waals surface area contributed by atoms with Gasteiger partial charge in [0, 0.05) is 18.9 Å². The summed E-state index contributed by atoms with van der Waals surface area (Å²) < 4.78 is 2.25. The molecule has 2 rings (SSSR count). The van der Waals surface area contributed by atoms with Gasteiger partial charge in [-0.3, -0.25) is 0 Å². The molecule has 3 nitrogen and oxygen atoms in total. The van der Waals surface area contributed by atoms with E-state index in [0.717, 1.165) is 24.3 Å². The van der Waals surface area contributed by atoms with Crippen LogP contribution in [-0.4, -0.2) is 15.3 Å². The molecule has 0 amide bonds. The Kier molecular flexibility index (Phi) is 3.80. The van der Waals surface area contributed by atoms with Crippen LogP contribution >= 0.6 is 0 Å². The highest BCUT2D eigenvalue weighted by Crippen LogP contribution is 2.22. The molecule has 0 aliphatic heterocycles. The van der Waals surface area contributed by atoms with Crippen LogP contribution in [0.4, 0.5) is 0 Å². The predicted octanol–water partition coefficient (Wildman–Crippen LogP) is 3.53. The number of imidazole rings is 1. The van der Waals surface area contributed by atoms with Gasteiger partial charge in [0.2, 0.25) is 0 Å². The number of carbonyl (C=O) groups is 1. The molecule has 0 unspecified atom stereocenters. The third-order valence-electron chi connectivity index (χ3n) is 3.11. The molecule has 96 valence electrons. The van der Waals surface area contributed by atoms with Crippen LogP contribution < -0.4 is 0 Å². The van der Waals surface area contributed by atoms with Gasteiger partial charge in [0.25, 0.3) is 0 Å². The number of Topliss-reactive ketones (excluding diaryl/α,β-unsaturated/α-hetero) is 1. The van der Waals surface area contributed by atoms with E-state index in [1.165, 1.54) is 5.52 Å². The summed E-state index contributed by atoms with van der Waals surface area (Å²) in [4.78, 5) is 15.7. The quantitative estimate of drug-likeness (QED) is 0.806. The highest BCUT2D eigenvalue weighted by molar-refractivity contribution is 5.76. The topological polar surface area (TPSA) is 34.9 Å². The van der Waals surface area contributed by atoms with Crippen molar-refractivity contribution in [3.63, 3.8) is 0 Å². The maximum atomic E-state index is 11.0. The van der Waals surface area contributed by atoms with Gasteiger partial charge >= 0.3 is 0 Å². The maximum Gasteiger partial charge on any atom is 0.129 e. The van der Waals surface area contributed by atoms with E-state index in [2.05, 4.69) is 29.5 Å². The van der Waals surface area contributed by atoms with Gasteiger partial charge in [-0.1, -0.05) is 26.0 Å². The number of fused-ring (bicyclic) bond motifs is 1. The van der Waals surface area contributed by atoms with Crippen LogP contribution in [0.3, 0.4) is 0 Å². The van der Waals surface area contributed by atoms with Crippen molar-refractivity contribution >= 4 is 16.8 Å². The van der Waals surface area contributed by atoms with Crippen molar-refractivity contribution in [2.45, 2.75) is 46.1 Å². The number of aryl methyl sites for hydroxylation is 1. The highest BCUT2D eigenvalue weighted by atomic mass is 16.1. The normalized spacial score (nSPS) is 11.3. The Hall–Kier alpha value is -1.64. The first-order valence-electron chi connectivity index (χ1n) is 6.54. The molecule has 0 saturated heterocycles. The molecule has 0 bridgehead atoms. The summed E-state index contributed by atoms with van der Waals surface area (Å²) in [5.74, 6) is 1.76. The number of para-hydroxylation sites is 2. The molecule has 0 radical (unpaired) electrons. The molecule has 3 heteroatoms. The van der Waals surface area contributed by atoms with E-state index in [-0.39, 0.29) is 5.78 Å². The molecule has 0 saturated carbocycles. The van der Waals surface area contributed by atoms with Crippen molar-refractivity contribution in [1.29, 1.82) is 0 Å². The average molecular weight is 244 g/mol. The van der Waals surface area contributed by atoms with Crippen LogP contribution in [0.5, 0.6) is 0 Å². The number of benzene rings is 1. The zero-order valence-electron chi connectivity index (χ0n) is 11.3. The van der Waals surface area contributed by atoms with E-state index in [0.29, 0.717) is 12.3 Å². The van der Waals surface area contributed by atoms with Crippen LogP contribution in [0.15, 0.2) is 24.3 Å². The van der Waals surface area contributed by atoms with E-state index in [4.69, 9.17) is 0 Å². The fourth-order valence-corrected chi connectivity index (χ4v) is 2.26. The monoisotopic (exact) mass is 244 g/mol. The lowest BCUT2D eigenvalue weighted by Gasteiger charge is -2.10. The molecule has 2 aromatic rings. The van der Waals surface area contributed by atoms with Crippen molar-refractivity contribution in [1.82, 2.24) is 9.55 Å². The standard InChI is InChI=1S/C15H20N2O/c1-11(2)15-16-13-8-4-5-9-14(13)17(15)10-6-7-12(3)18/h4-5,8-9,11H,6-7,10H2,1-3H3. The van der Waals surface area contributed by atoms with Crippen molar-refractivity contribution in [3.05, 3.63) is 30.1 Å². The number of rotatable bonds is 5. The molecule has 0 aliphatic carbocycles. The van der Waals surface area contributed by atoms with E-state index < -0.39 is 0 Å². The van der Waals surface area contributed by atoms with Gasteiger partial charge in [-0.2, -0.15) is 0 Å². The largest absolute Gasteiger partial charge is 0.328 e. The molecule has 18 heavy (non-hydrogen) atoms. The molecular weight excluding hydrogens is 224 g/mol. The summed E-state index contributed by atoms with van der Waals surface area (Å²) in [5, 5.41) is 0. The first-order valence-corrected chi connectivity index (χ1v) is 6.54. The van der Waals surface area contributed by atoms with Gasteiger partial charge in [0.15, 0.2) is 0 Å². The number of hydrogen-bond donors (Lipinski definition) is 0. The average Bonchev–Trinajstić information content (AvgIpc) is 2.68. The Morgan fingerprint density at radius 2 is 2.06 bits per heavy atom. The Morgan fingerprint density at radius 3 is 2.72 bits per heavy atom. The minimum atomic E-state index is 0.255. The summed E-state index contributed by atoms with van der Waals surface area (Å²) in [6.07, 6.45) is 1.53. The second-order valence-electron chi connectivity index (χ2n) is 5.07. The van der Waals surface area contributed by atoms with E-state index in [1.807, 2.05) is 18.2 Å². The minimum Gasteiger partial charge on any atom is -0.328 e. The summed E-state index contributed by atoms with van der Waals surface area (Å²) in [5.41, 5.74) is 2.22. The molecule has 0 aliphatic rings. The van der Waals surface area contributed by atoms with Gasteiger partial charge in [-0.25, -0.2) is 4.98 Å². The maximum absolute atomic E-state index is 11.0. The van der Waals surface area contributed by atoms with Gasteiger partial charge in [0.1, 0.15) is 11.6 Å². The summed E-state index contributed by atoms with van der Waals surface area (Å²) in [7, 11) is 0. The molecule has 1 aromatic carbocycles. The minimum absolute atomic E-state index is 0.255. The fourth-order valence-electron chi connectivity index (χ4n) is 2.26. The summed E-state index contributed by atoms with van der Waals surface area (Å²) >= 11 is 0. The molecule has 0 atom stereocenters. The smallest absolute Gasteiger partial charge is 0.129 e. The lowest BCUT2D eigenvalue weighted by Crippen LogP contribution is -2.06. The Morgan fingerprint density at radius 1 is 1.33 bits per heavy atom. The number of aromatic nitrogens is 2. The Bertz CT molecular complexity index is 555. The summed E-state index contributed by atoms with van der Waals surface area (Å²) in [6, 6.07) is 8.19. The van der Waals surface area contributed by atoms with Gasteiger partial charge < -0.3 is 9.36 Å². The van der Waals surface area contributed by atoms with Crippen molar-refractivity contribution in [2.24, 2.45) is 0 Å². The van der Waals surface area contributed by atoms with E-state index in [1.54, 1.807) is 6.92 Å². The van der Waals surface area contributed by atoms with E-state index in [9.17, 15) is 4.79 Å². The second-order valence-corrected chi connectivity index (χ2v) is 5.07. The molecule has 0 spiro atoms. The van der Waals surface area contributed by atoms with Crippen molar-refractivity contribution in [3.8, 4) is 0 Å².